The average molecular weight is 288 g/mol. The van der Waals surface area contributed by atoms with Crippen molar-refractivity contribution in [2.45, 2.75) is 26.8 Å². The molecule has 2 aromatic rings. The van der Waals surface area contributed by atoms with Crippen molar-refractivity contribution >= 4 is 11.6 Å². The van der Waals surface area contributed by atoms with Crippen LogP contribution in [0.3, 0.4) is 0 Å². The predicted octanol–water partition coefficient (Wildman–Crippen LogP) is 1.60. The van der Waals surface area contributed by atoms with Gasteiger partial charge in [0.1, 0.15) is 11.5 Å². The minimum absolute atomic E-state index is 0.155. The summed E-state index contributed by atoms with van der Waals surface area (Å²) in [7, 11) is 1.71. The highest BCUT2D eigenvalue weighted by molar-refractivity contribution is 5.92. The van der Waals surface area contributed by atoms with Crippen molar-refractivity contribution in [1.29, 1.82) is 0 Å². The fourth-order valence-electron chi connectivity index (χ4n) is 1.87. The first kappa shape index (κ1) is 15.0. The second-order valence-corrected chi connectivity index (χ2v) is 4.85. The number of aryl methyl sites for hydroxylation is 1. The topological polar surface area (TPSA) is 86.8 Å². The predicted molar refractivity (Wildman–Crippen MR) is 79.9 cm³/mol. The molecular formula is C14H20N6O. The Morgan fingerprint density at radius 1 is 1.48 bits per heavy atom. The number of hydrogen-bond acceptors (Lipinski definition) is 5. The first-order valence-corrected chi connectivity index (χ1v) is 6.93. The number of aromatic nitrogens is 4. The van der Waals surface area contributed by atoms with E-state index in [-0.39, 0.29) is 5.91 Å². The van der Waals surface area contributed by atoms with Gasteiger partial charge in [0.15, 0.2) is 5.82 Å². The Bertz CT molecular complexity index is 609. The number of hydrogen-bond donors (Lipinski definition) is 2. The standard InChI is InChI=1S/C14H20N6O/c1-4-6-15-11-5-7-16-12(8-11)14(21)20(3)9-13-17-10(2)18-19-13/h5,7-8H,4,6,9H2,1-3H3,(H,15,16)(H,17,18,19). The number of carbonyl (C=O) groups excluding carboxylic acids is 1. The number of nitrogens with zero attached hydrogens (tertiary/aromatic N) is 4. The monoisotopic (exact) mass is 288 g/mol. The minimum atomic E-state index is -0.155. The summed E-state index contributed by atoms with van der Waals surface area (Å²) in [6.45, 7) is 5.12. The van der Waals surface area contributed by atoms with E-state index in [4.69, 9.17) is 0 Å². The van der Waals surface area contributed by atoms with Gasteiger partial charge in [0.05, 0.1) is 6.54 Å². The first-order valence-electron chi connectivity index (χ1n) is 6.93. The van der Waals surface area contributed by atoms with Crippen LogP contribution < -0.4 is 5.32 Å². The van der Waals surface area contributed by atoms with Crippen LogP contribution in [0.1, 0.15) is 35.5 Å². The normalized spacial score (nSPS) is 10.4. The molecule has 0 aliphatic rings. The van der Waals surface area contributed by atoms with Crippen LogP contribution in [0.15, 0.2) is 18.3 Å². The molecule has 0 fully saturated rings. The zero-order valence-corrected chi connectivity index (χ0v) is 12.6. The first-order chi connectivity index (χ1) is 10.1. The highest BCUT2D eigenvalue weighted by atomic mass is 16.2. The maximum absolute atomic E-state index is 12.4. The van der Waals surface area contributed by atoms with E-state index < -0.39 is 0 Å². The van der Waals surface area contributed by atoms with Crippen LogP contribution in [0.25, 0.3) is 0 Å². The Morgan fingerprint density at radius 2 is 2.29 bits per heavy atom. The lowest BCUT2D eigenvalue weighted by molar-refractivity contribution is 0.0776. The van der Waals surface area contributed by atoms with E-state index in [0.717, 1.165) is 24.5 Å². The van der Waals surface area contributed by atoms with E-state index in [1.807, 2.05) is 13.0 Å². The molecule has 0 spiro atoms. The fourth-order valence-corrected chi connectivity index (χ4v) is 1.87. The fraction of sp³-hybridized carbons (Fsp3) is 0.429. The second kappa shape index (κ2) is 6.83. The largest absolute Gasteiger partial charge is 0.385 e. The molecule has 2 heterocycles. The summed E-state index contributed by atoms with van der Waals surface area (Å²) in [5, 5.41) is 10.0. The van der Waals surface area contributed by atoms with Crippen molar-refractivity contribution < 1.29 is 4.79 Å². The number of aromatic amines is 1. The molecule has 2 N–H and O–H groups in total. The van der Waals surface area contributed by atoms with Crippen molar-refractivity contribution in [2.24, 2.45) is 0 Å². The Balaban J connectivity index is 2.04. The van der Waals surface area contributed by atoms with Gasteiger partial charge < -0.3 is 10.2 Å². The molecule has 1 amide bonds. The van der Waals surface area contributed by atoms with Crippen molar-refractivity contribution in [2.75, 3.05) is 18.9 Å². The zero-order valence-electron chi connectivity index (χ0n) is 12.6. The lowest BCUT2D eigenvalue weighted by Crippen LogP contribution is -2.27. The van der Waals surface area contributed by atoms with Crippen molar-refractivity contribution in [3.63, 3.8) is 0 Å². The number of amides is 1. The number of rotatable bonds is 6. The maximum Gasteiger partial charge on any atom is 0.272 e. The van der Waals surface area contributed by atoms with E-state index >= 15 is 0 Å². The lowest BCUT2D eigenvalue weighted by Gasteiger charge is -2.15. The molecule has 0 aliphatic heterocycles. The smallest absolute Gasteiger partial charge is 0.272 e. The van der Waals surface area contributed by atoms with E-state index in [1.165, 1.54) is 0 Å². The number of pyridine rings is 1. The summed E-state index contributed by atoms with van der Waals surface area (Å²) in [6, 6.07) is 3.61. The lowest BCUT2D eigenvalue weighted by atomic mass is 10.2. The molecular weight excluding hydrogens is 268 g/mol. The molecule has 0 bridgehead atoms. The van der Waals surface area contributed by atoms with Gasteiger partial charge in [0.2, 0.25) is 0 Å². The highest BCUT2D eigenvalue weighted by Crippen LogP contribution is 2.10. The maximum atomic E-state index is 12.4. The van der Waals surface area contributed by atoms with Crippen LogP contribution in [0.2, 0.25) is 0 Å². The van der Waals surface area contributed by atoms with Gasteiger partial charge in [-0.25, -0.2) is 4.98 Å². The van der Waals surface area contributed by atoms with Crippen molar-refractivity contribution in [1.82, 2.24) is 25.1 Å². The molecule has 2 rings (SSSR count). The molecule has 112 valence electrons. The molecule has 0 aromatic carbocycles. The Morgan fingerprint density at radius 3 is 2.95 bits per heavy atom. The Hall–Kier alpha value is -2.44. The third-order valence-corrected chi connectivity index (χ3v) is 2.93. The SMILES string of the molecule is CCCNc1ccnc(C(=O)N(C)Cc2n[nH]c(C)n2)c1. The summed E-state index contributed by atoms with van der Waals surface area (Å²) in [5.74, 6) is 1.16. The summed E-state index contributed by atoms with van der Waals surface area (Å²) in [4.78, 5) is 22.2. The van der Waals surface area contributed by atoms with Crippen LogP contribution in [-0.4, -0.2) is 44.6 Å². The van der Waals surface area contributed by atoms with Crippen LogP contribution in [0.5, 0.6) is 0 Å². The second-order valence-electron chi connectivity index (χ2n) is 4.85. The van der Waals surface area contributed by atoms with E-state index in [2.05, 4.69) is 32.4 Å². The molecule has 0 aliphatic carbocycles. The molecule has 0 unspecified atom stereocenters. The molecule has 7 heteroatoms. The van der Waals surface area contributed by atoms with Gasteiger partial charge >= 0.3 is 0 Å². The van der Waals surface area contributed by atoms with Gasteiger partial charge in [-0.2, -0.15) is 5.10 Å². The number of nitrogens with one attached hydrogen (secondary N) is 2. The summed E-state index contributed by atoms with van der Waals surface area (Å²) >= 11 is 0. The van der Waals surface area contributed by atoms with E-state index in [1.54, 1.807) is 24.2 Å². The summed E-state index contributed by atoms with van der Waals surface area (Å²) < 4.78 is 0. The molecule has 0 saturated carbocycles. The zero-order chi connectivity index (χ0) is 15.2. The number of carbonyl (C=O) groups is 1. The molecule has 0 saturated heterocycles. The van der Waals surface area contributed by atoms with Crippen molar-refractivity contribution in [3.05, 3.63) is 35.7 Å². The minimum Gasteiger partial charge on any atom is -0.385 e. The van der Waals surface area contributed by atoms with Gasteiger partial charge in [-0.15, -0.1) is 0 Å². The van der Waals surface area contributed by atoms with Crippen LogP contribution in [0, 0.1) is 6.92 Å². The molecule has 21 heavy (non-hydrogen) atoms. The quantitative estimate of drug-likeness (QED) is 0.843. The van der Waals surface area contributed by atoms with Gasteiger partial charge in [-0.3, -0.25) is 14.9 Å². The summed E-state index contributed by atoms with van der Waals surface area (Å²) in [5.41, 5.74) is 1.31. The Labute approximate surface area is 123 Å². The van der Waals surface area contributed by atoms with Gasteiger partial charge in [-0.05, 0) is 25.5 Å². The van der Waals surface area contributed by atoms with Crippen LogP contribution >= 0.6 is 0 Å². The molecule has 2 aromatic heterocycles. The van der Waals surface area contributed by atoms with Crippen LogP contribution in [0.4, 0.5) is 5.69 Å². The van der Waals surface area contributed by atoms with Crippen molar-refractivity contribution in [3.8, 4) is 0 Å². The van der Waals surface area contributed by atoms with Crippen LogP contribution in [-0.2, 0) is 6.54 Å². The summed E-state index contributed by atoms with van der Waals surface area (Å²) in [6.07, 6.45) is 2.66. The third kappa shape index (κ3) is 4.01. The van der Waals surface area contributed by atoms with E-state index in [9.17, 15) is 4.79 Å². The van der Waals surface area contributed by atoms with Gasteiger partial charge in [0, 0.05) is 25.5 Å². The van der Waals surface area contributed by atoms with Gasteiger partial charge in [0.25, 0.3) is 5.91 Å². The molecule has 0 radical (unpaired) electrons. The third-order valence-electron chi connectivity index (χ3n) is 2.93. The van der Waals surface area contributed by atoms with E-state index in [0.29, 0.717) is 18.1 Å². The number of anilines is 1. The highest BCUT2D eigenvalue weighted by Gasteiger charge is 2.15. The molecule has 7 nitrogen and oxygen atoms in total. The molecule has 0 atom stereocenters. The Kier molecular flexibility index (Phi) is 4.86. The average Bonchev–Trinajstić information content (AvgIpc) is 2.89. The van der Waals surface area contributed by atoms with Gasteiger partial charge in [-0.1, -0.05) is 6.92 Å². The number of H-pyrrole nitrogens is 1.